The van der Waals surface area contributed by atoms with Crippen molar-refractivity contribution in [2.75, 3.05) is 0 Å². The van der Waals surface area contributed by atoms with Crippen molar-refractivity contribution >= 4 is 12.0 Å². The van der Waals surface area contributed by atoms with E-state index in [2.05, 4.69) is 36.2 Å². The fourth-order valence-corrected chi connectivity index (χ4v) is 2.24. The Kier molecular flexibility index (Phi) is 5.77. The molecule has 0 radical (unpaired) electrons. The molecule has 2 heteroatoms. The number of unbranched alkanes of at least 4 members (excludes halogenated alkanes) is 1. The average molecular weight is 279 g/mol. The Bertz CT molecular complexity index is 593. The van der Waals surface area contributed by atoms with Crippen molar-refractivity contribution in [1.29, 1.82) is 0 Å². The molecule has 0 bridgehead atoms. The van der Waals surface area contributed by atoms with Crippen molar-refractivity contribution in [2.45, 2.75) is 25.7 Å². The van der Waals surface area contributed by atoms with Gasteiger partial charge >= 0.3 is 0 Å². The molecule has 1 N–H and O–H groups in total. The molecule has 21 heavy (non-hydrogen) atoms. The molecule has 0 atom stereocenters. The van der Waals surface area contributed by atoms with Crippen molar-refractivity contribution < 1.29 is 4.79 Å². The van der Waals surface area contributed by atoms with Crippen molar-refractivity contribution in [3.63, 3.8) is 0 Å². The first-order valence-corrected chi connectivity index (χ1v) is 7.30. The van der Waals surface area contributed by atoms with Crippen LogP contribution < -0.4 is 5.32 Å². The molecule has 108 valence electrons. The lowest BCUT2D eigenvalue weighted by molar-refractivity contribution is -0.119. The van der Waals surface area contributed by atoms with Gasteiger partial charge in [-0.15, -0.1) is 6.58 Å². The highest BCUT2D eigenvalue weighted by Gasteiger charge is 2.07. The largest absolute Gasteiger partial charge is 0.333 e. The molecule has 1 aromatic carbocycles. The zero-order chi connectivity index (χ0) is 14.9. The van der Waals surface area contributed by atoms with Gasteiger partial charge in [-0.25, -0.2) is 0 Å². The second-order valence-corrected chi connectivity index (χ2v) is 5.04. The van der Waals surface area contributed by atoms with E-state index in [0.29, 0.717) is 6.42 Å². The van der Waals surface area contributed by atoms with Crippen molar-refractivity contribution in [1.82, 2.24) is 5.32 Å². The third-order valence-corrected chi connectivity index (χ3v) is 3.33. The summed E-state index contributed by atoms with van der Waals surface area (Å²) in [5.74, 6) is 0.0140. The molecular weight excluding hydrogens is 258 g/mol. The zero-order valence-corrected chi connectivity index (χ0v) is 12.2. The first kappa shape index (κ1) is 15.0. The predicted molar refractivity (Wildman–Crippen MR) is 88.6 cm³/mol. The molecule has 0 aliphatic heterocycles. The summed E-state index contributed by atoms with van der Waals surface area (Å²) >= 11 is 0. The fraction of sp³-hybridized carbons (Fsp3) is 0.211. The van der Waals surface area contributed by atoms with Gasteiger partial charge < -0.3 is 5.32 Å². The lowest BCUT2D eigenvalue weighted by atomic mass is 10.0. The molecule has 0 unspecified atom stereocenters. The maximum atomic E-state index is 11.9. The molecule has 0 spiro atoms. The number of fused-ring (bicyclic) bond motifs is 1. The van der Waals surface area contributed by atoms with E-state index in [1.807, 2.05) is 30.4 Å². The first-order chi connectivity index (χ1) is 10.3. The standard InChI is InChI=1S/C19H21NO/c1-2-3-4-7-13-20-19(21)15-16-9-8-12-17-10-5-6-11-18(17)14-16/h2,5-11,13-14H,1,3-4,12,15H2,(H,20,21)/b13-7+. The summed E-state index contributed by atoms with van der Waals surface area (Å²) in [7, 11) is 0. The molecule has 1 amide bonds. The van der Waals surface area contributed by atoms with Crippen molar-refractivity contribution in [2.24, 2.45) is 0 Å². The Balaban J connectivity index is 1.93. The molecule has 0 saturated carbocycles. The van der Waals surface area contributed by atoms with Crippen LogP contribution in [0.4, 0.5) is 0 Å². The normalized spacial score (nSPS) is 13.4. The summed E-state index contributed by atoms with van der Waals surface area (Å²) in [5, 5.41) is 2.80. The number of carbonyl (C=O) groups excluding carboxylic acids is 1. The molecule has 0 aromatic heterocycles. The minimum Gasteiger partial charge on any atom is -0.333 e. The van der Waals surface area contributed by atoms with Gasteiger partial charge in [-0.2, -0.15) is 0 Å². The van der Waals surface area contributed by atoms with E-state index in [1.54, 1.807) is 6.20 Å². The lowest BCUT2D eigenvalue weighted by Crippen LogP contribution is -2.16. The van der Waals surface area contributed by atoms with Gasteiger partial charge in [0, 0.05) is 0 Å². The third kappa shape index (κ3) is 4.92. The number of hydrogen-bond donors (Lipinski definition) is 1. The van der Waals surface area contributed by atoms with Crippen LogP contribution in [0, 0.1) is 0 Å². The zero-order valence-electron chi connectivity index (χ0n) is 12.2. The Labute approximate surface area is 126 Å². The molecule has 0 heterocycles. The molecule has 1 aliphatic rings. The maximum Gasteiger partial charge on any atom is 0.228 e. The lowest BCUT2D eigenvalue weighted by Gasteiger charge is -2.03. The van der Waals surface area contributed by atoms with E-state index in [0.717, 1.165) is 24.8 Å². The van der Waals surface area contributed by atoms with Crippen LogP contribution in [0.25, 0.3) is 6.08 Å². The van der Waals surface area contributed by atoms with Gasteiger partial charge in [-0.05, 0) is 42.2 Å². The van der Waals surface area contributed by atoms with E-state index < -0.39 is 0 Å². The summed E-state index contributed by atoms with van der Waals surface area (Å²) in [6.07, 6.45) is 14.9. The Morgan fingerprint density at radius 1 is 1.29 bits per heavy atom. The minimum atomic E-state index is 0.0140. The molecule has 2 nitrogen and oxygen atoms in total. The number of carbonyl (C=O) groups is 1. The fourth-order valence-electron chi connectivity index (χ4n) is 2.24. The van der Waals surface area contributed by atoms with E-state index in [1.165, 1.54) is 11.1 Å². The van der Waals surface area contributed by atoms with Crippen molar-refractivity contribution in [3.05, 3.63) is 78.0 Å². The van der Waals surface area contributed by atoms with Crippen LogP contribution in [0.1, 0.15) is 30.4 Å². The van der Waals surface area contributed by atoms with Crippen LogP contribution in [0.15, 0.2) is 66.9 Å². The van der Waals surface area contributed by atoms with Crippen LogP contribution in [0.2, 0.25) is 0 Å². The van der Waals surface area contributed by atoms with Gasteiger partial charge in [-0.3, -0.25) is 4.79 Å². The van der Waals surface area contributed by atoms with Crippen LogP contribution >= 0.6 is 0 Å². The molecule has 1 aromatic rings. The first-order valence-electron chi connectivity index (χ1n) is 7.30. The summed E-state index contributed by atoms with van der Waals surface area (Å²) in [4.78, 5) is 11.9. The number of amides is 1. The minimum absolute atomic E-state index is 0.0140. The van der Waals surface area contributed by atoms with Gasteiger partial charge in [0.1, 0.15) is 0 Å². The Morgan fingerprint density at radius 2 is 2.14 bits per heavy atom. The van der Waals surface area contributed by atoms with Crippen LogP contribution in [-0.4, -0.2) is 5.91 Å². The van der Waals surface area contributed by atoms with E-state index in [4.69, 9.17) is 0 Å². The van der Waals surface area contributed by atoms with Crippen LogP contribution in [0.5, 0.6) is 0 Å². The van der Waals surface area contributed by atoms with E-state index >= 15 is 0 Å². The Morgan fingerprint density at radius 3 is 3.00 bits per heavy atom. The average Bonchev–Trinajstić information content (AvgIpc) is 2.68. The number of nitrogens with one attached hydrogen (secondary N) is 1. The summed E-state index contributed by atoms with van der Waals surface area (Å²) < 4.78 is 0. The molecule has 1 aliphatic carbocycles. The maximum absolute atomic E-state index is 11.9. The number of rotatable bonds is 6. The highest BCUT2D eigenvalue weighted by molar-refractivity contribution is 5.82. The van der Waals surface area contributed by atoms with E-state index in [-0.39, 0.29) is 5.91 Å². The van der Waals surface area contributed by atoms with Gasteiger partial charge in [0.15, 0.2) is 0 Å². The summed E-state index contributed by atoms with van der Waals surface area (Å²) in [5.41, 5.74) is 3.54. The monoisotopic (exact) mass is 279 g/mol. The van der Waals surface area contributed by atoms with Crippen molar-refractivity contribution in [3.8, 4) is 0 Å². The molecule has 2 rings (SSSR count). The molecular formula is C19H21NO. The van der Waals surface area contributed by atoms with Gasteiger partial charge in [0.05, 0.1) is 6.42 Å². The van der Waals surface area contributed by atoms with Gasteiger partial charge in [0.25, 0.3) is 0 Å². The highest BCUT2D eigenvalue weighted by Crippen LogP contribution is 2.20. The second-order valence-electron chi connectivity index (χ2n) is 5.04. The number of hydrogen-bond acceptors (Lipinski definition) is 1. The summed E-state index contributed by atoms with van der Waals surface area (Å²) in [6, 6.07) is 8.30. The SMILES string of the molecule is C=CCC/C=C/NC(=O)CC1=Cc2ccccc2CC=C1. The van der Waals surface area contributed by atoms with Crippen LogP contribution in [0.3, 0.4) is 0 Å². The van der Waals surface area contributed by atoms with Gasteiger partial charge in [-0.1, -0.05) is 54.6 Å². The smallest absolute Gasteiger partial charge is 0.228 e. The number of allylic oxidation sites excluding steroid dienone is 4. The van der Waals surface area contributed by atoms with Gasteiger partial charge in [0.2, 0.25) is 5.91 Å². The van der Waals surface area contributed by atoms with Crippen LogP contribution in [-0.2, 0) is 11.2 Å². The van der Waals surface area contributed by atoms with E-state index in [9.17, 15) is 4.79 Å². The Hall–Kier alpha value is -2.35. The number of benzene rings is 1. The summed E-state index contributed by atoms with van der Waals surface area (Å²) in [6.45, 7) is 3.66. The highest BCUT2D eigenvalue weighted by atomic mass is 16.1. The molecule has 0 fully saturated rings. The quantitative estimate of drug-likeness (QED) is 0.614. The topological polar surface area (TPSA) is 29.1 Å². The second kappa shape index (κ2) is 8.05. The molecule has 0 saturated heterocycles. The predicted octanol–water partition coefficient (Wildman–Crippen LogP) is 4.17. The third-order valence-electron chi connectivity index (χ3n) is 3.33.